The summed E-state index contributed by atoms with van der Waals surface area (Å²) in [6, 6.07) is 1.73. The first-order chi connectivity index (χ1) is 8.97. The van der Waals surface area contributed by atoms with Crippen molar-refractivity contribution < 1.29 is 9.90 Å². The molecule has 5 heteroatoms. The van der Waals surface area contributed by atoms with Crippen molar-refractivity contribution in [1.82, 2.24) is 4.98 Å². The van der Waals surface area contributed by atoms with E-state index in [0.717, 1.165) is 12.8 Å². The molecule has 2 atom stereocenters. The van der Waals surface area contributed by atoms with Crippen molar-refractivity contribution >= 4 is 23.4 Å². The van der Waals surface area contributed by atoms with Crippen LogP contribution in [-0.2, 0) is 0 Å². The molecule has 2 unspecified atom stereocenters. The Bertz CT molecular complexity index is 469. The molecule has 0 radical (unpaired) electrons. The normalized spacial score (nSPS) is 27.0. The Morgan fingerprint density at radius 2 is 2.00 bits per heavy atom. The van der Waals surface area contributed by atoms with Crippen molar-refractivity contribution in [1.29, 1.82) is 0 Å². The number of nitrogens with one attached hydrogen (secondary N) is 1. The number of rotatable bonds is 3. The molecule has 2 N–H and O–H groups in total. The van der Waals surface area contributed by atoms with Gasteiger partial charge in [0.15, 0.2) is 0 Å². The van der Waals surface area contributed by atoms with Crippen molar-refractivity contribution in [3.05, 3.63) is 22.8 Å². The quantitative estimate of drug-likeness (QED) is 0.888. The van der Waals surface area contributed by atoms with Crippen LogP contribution in [0.4, 0.5) is 5.82 Å². The third kappa shape index (κ3) is 3.38. The van der Waals surface area contributed by atoms with Gasteiger partial charge in [-0.05, 0) is 37.2 Å². The van der Waals surface area contributed by atoms with Crippen molar-refractivity contribution in [2.75, 3.05) is 5.32 Å². The molecule has 1 aliphatic carbocycles. The summed E-state index contributed by atoms with van der Waals surface area (Å²) in [7, 11) is 0. The van der Waals surface area contributed by atoms with Crippen LogP contribution in [0.25, 0.3) is 0 Å². The van der Waals surface area contributed by atoms with Crippen molar-refractivity contribution in [3.8, 4) is 0 Å². The Morgan fingerprint density at radius 1 is 1.37 bits per heavy atom. The number of halogens is 1. The number of pyridine rings is 1. The molecule has 0 aromatic carbocycles. The van der Waals surface area contributed by atoms with Gasteiger partial charge in [0.25, 0.3) is 0 Å². The Balaban J connectivity index is 2.15. The van der Waals surface area contributed by atoms with E-state index in [1.165, 1.54) is 18.7 Å². The van der Waals surface area contributed by atoms with E-state index >= 15 is 0 Å². The van der Waals surface area contributed by atoms with Crippen LogP contribution in [-0.4, -0.2) is 22.1 Å². The topological polar surface area (TPSA) is 62.2 Å². The zero-order valence-corrected chi connectivity index (χ0v) is 11.9. The molecular weight excluding hydrogens is 264 g/mol. The first-order valence-corrected chi connectivity index (χ1v) is 6.99. The van der Waals surface area contributed by atoms with E-state index < -0.39 is 5.97 Å². The van der Waals surface area contributed by atoms with Crippen LogP contribution in [0.1, 0.15) is 43.5 Å². The standard InChI is InChI=1S/C14H19ClN2O2/c1-8-5-9(2)7-10(6-8)17-13-12(15)11(14(18)19)3-4-16-13/h3-4,8-10H,5-7H2,1-2H3,(H,16,17)(H,18,19). The molecule has 0 saturated heterocycles. The average Bonchev–Trinajstić information content (AvgIpc) is 2.30. The number of nitrogens with zero attached hydrogens (tertiary/aromatic N) is 1. The second kappa shape index (κ2) is 5.78. The molecule has 0 bridgehead atoms. The Hall–Kier alpha value is -1.29. The number of aromatic nitrogens is 1. The Morgan fingerprint density at radius 3 is 2.58 bits per heavy atom. The third-order valence-electron chi connectivity index (χ3n) is 3.64. The van der Waals surface area contributed by atoms with Crippen LogP contribution in [0.5, 0.6) is 0 Å². The molecule has 1 aromatic rings. The summed E-state index contributed by atoms with van der Waals surface area (Å²) >= 11 is 6.09. The summed E-state index contributed by atoms with van der Waals surface area (Å²) in [5, 5.41) is 12.5. The second-order valence-corrected chi connectivity index (χ2v) is 5.96. The fraction of sp³-hybridized carbons (Fsp3) is 0.571. The summed E-state index contributed by atoms with van der Waals surface area (Å²) in [5.41, 5.74) is 0.0936. The predicted molar refractivity (Wildman–Crippen MR) is 75.8 cm³/mol. The van der Waals surface area contributed by atoms with E-state index in [-0.39, 0.29) is 10.6 Å². The lowest BCUT2D eigenvalue weighted by molar-refractivity contribution is 0.0697. The maximum absolute atomic E-state index is 11.0. The summed E-state index contributed by atoms with van der Waals surface area (Å²) < 4.78 is 0. The van der Waals surface area contributed by atoms with Crippen LogP contribution in [0.3, 0.4) is 0 Å². The first kappa shape index (κ1) is 14.1. The Kier molecular flexibility index (Phi) is 4.30. The summed E-state index contributed by atoms with van der Waals surface area (Å²) in [6.07, 6.45) is 4.86. The fourth-order valence-corrected chi connectivity index (χ4v) is 3.21. The van der Waals surface area contributed by atoms with Gasteiger partial charge in [-0.25, -0.2) is 9.78 Å². The lowest BCUT2D eigenvalue weighted by Gasteiger charge is -2.32. The number of anilines is 1. The van der Waals surface area contributed by atoms with Gasteiger partial charge in [0, 0.05) is 12.2 Å². The van der Waals surface area contributed by atoms with Crippen LogP contribution >= 0.6 is 11.6 Å². The molecule has 1 fully saturated rings. The molecule has 1 aliphatic rings. The number of hydrogen-bond acceptors (Lipinski definition) is 3. The number of aromatic carboxylic acids is 1. The molecule has 19 heavy (non-hydrogen) atoms. The highest BCUT2D eigenvalue weighted by atomic mass is 35.5. The van der Waals surface area contributed by atoms with Crippen LogP contribution in [0.2, 0.25) is 5.02 Å². The molecule has 2 rings (SSSR count). The SMILES string of the molecule is CC1CC(C)CC(Nc2nccc(C(=O)O)c2Cl)C1. The molecule has 104 valence electrons. The highest BCUT2D eigenvalue weighted by Gasteiger charge is 2.25. The smallest absolute Gasteiger partial charge is 0.337 e. The van der Waals surface area contributed by atoms with Gasteiger partial charge in [-0.15, -0.1) is 0 Å². The summed E-state index contributed by atoms with van der Waals surface area (Å²) in [5.74, 6) is 0.791. The van der Waals surface area contributed by atoms with Crippen LogP contribution < -0.4 is 5.32 Å². The summed E-state index contributed by atoms with van der Waals surface area (Å²) in [4.78, 5) is 15.2. The van der Waals surface area contributed by atoms with Crippen molar-refractivity contribution in [2.45, 2.75) is 39.2 Å². The Labute approximate surface area is 118 Å². The van der Waals surface area contributed by atoms with Gasteiger partial charge in [-0.2, -0.15) is 0 Å². The average molecular weight is 283 g/mol. The monoisotopic (exact) mass is 282 g/mol. The van der Waals surface area contributed by atoms with E-state index in [4.69, 9.17) is 16.7 Å². The number of carboxylic acids is 1. The highest BCUT2D eigenvalue weighted by Crippen LogP contribution is 2.32. The van der Waals surface area contributed by atoms with E-state index in [1.54, 1.807) is 0 Å². The fourth-order valence-electron chi connectivity index (χ4n) is 2.97. The maximum Gasteiger partial charge on any atom is 0.337 e. The van der Waals surface area contributed by atoms with Gasteiger partial charge in [0.1, 0.15) is 5.82 Å². The van der Waals surface area contributed by atoms with Gasteiger partial charge in [0.05, 0.1) is 10.6 Å². The lowest BCUT2D eigenvalue weighted by atomic mass is 9.80. The van der Waals surface area contributed by atoms with Crippen LogP contribution in [0.15, 0.2) is 12.3 Å². The van der Waals surface area contributed by atoms with E-state index in [1.807, 2.05) is 0 Å². The molecule has 4 nitrogen and oxygen atoms in total. The molecule has 0 amide bonds. The van der Waals surface area contributed by atoms with Gasteiger partial charge < -0.3 is 10.4 Å². The predicted octanol–water partition coefficient (Wildman–Crippen LogP) is 3.67. The second-order valence-electron chi connectivity index (χ2n) is 5.58. The molecule has 1 aromatic heterocycles. The third-order valence-corrected chi connectivity index (χ3v) is 4.02. The molecule has 1 saturated carbocycles. The van der Waals surface area contributed by atoms with Gasteiger partial charge in [-0.3, -0.25) is 0 Å². The zero-order chi connectivity index (χ0) is 14.0. The lowest BCUT2D eigenvalue weighted by Crippen LogP contribution is -2.30. The molecule has 0 spiro atoms. The minimum Gasteiger partial charge on any atom is -0.478 e. The van der Waals surface area contributed by atoms with Crippen molar-refractivity contribution in [2.24, 2.45) is 11.8 Å². The molecular formula is C14H19ClN2O2. The first-order valence-electron chi connectivity index (χ1n) is 6.61. The van der Waals surface area contributed by atoms with E-state index in [2.05, 4.69) is 24.1 Å². The van der Waals surface area contributed by atoms with Gasteiger partial charge >= 0.3 is 5.97 Å². The van der Waals surface area contributed by atoms with E-state index in [9.17, 15) is 4.79 Å². The molecule has 0 aliphatic heterocycles. The summed E-state index contributed by atoms with van der Waals surface area (Å²) in [6.45, 7) is 4.49. The van der Waals surface area contributed by atoms with E-state index in [0.29, 0.717) is 23.7 Å². The number of hydrogen-bond donors (Lipinski definition) is 2. The zero-order valence-electron chi connectivity index (χ0n) is 11.2. The number of carbonyl (C=O) groups is 1. The van der Waals surface area contributed by atoms with Gasteiger partial charge in [-0.1, -0.05) is 25.4 Å². The van der Waals surface area contributed by atoms with Gasteiger partial charge in [0.2, 0.25) is 0 Å². The minimum atomic E-state index is -1.03. The minimum absolute atomic E-state index is 0.0936. The number of carboxylic acid groups (broad SMARTS) is 1. The highest BCUT2D eigenvalue weighted by molar-refractivity contribution is 6.35. The largest absolute Gasteiger partial charge is 0.478 e. The maximum atomic E-state index is 11.0. The molecule has 1 heterocycles. The van der Waals surface area contributed by atoms with Crippen LogP contribution in [0, 0.1) is 11.8 Å². The van der Waals surface area contributed by atoms with Crippen molar-refractivity contribution in [3.63, 3.8) is 0 Å².